The number of aryl methyl sites for hydroxylation is 1. The van der Waals surface area contributed by atoms with E-state index in [4.69, 9.17) is 21.3 Å². The Morgan fingerprint density at radius 2 is 1.91 bits per heavy atom. The number of hydrogen-bond donors (Lipinski definition) is 1. The molecule has 1 saturated heterocycles. The maximum absolute atomic E-state index is 13.0. The summed E-state index contributed by atoms with van der Waals surface area (Å²) in [6.07, 6.45) is 2.40. The van der Waals surface area contributed by atoms with Gasteiger partial charge in [-0.25, -0.2) is 4.98 Å². The van der Waals surface area contributed by atoms with Crippen LogP contribution in [0, 0.1) is 13.8 Å². The van der Waals surface area contributed by atoms with Gasteiger partial charge < -0.3 is 14.6 Å². The number of nitrogens with one attached hydrogen (secondary N) is 1. The van der Waals surface area contributed by atoms with Crippen LogP contribution in [0.1, 0.15) is 41.4 Å². The van der Waals surface area contributed by atoms with Crippen LogP contribution in [0.3, 0.4) is 0 Å². The average molecular weight is 470 g/mol. The zero-order valence-corrected chi connectivity index (χ0v) is 20.0. The highest BCUT2D eigenvalue weighted by Crippen LogP contribution is 2.26. The van der Waals surface area contributed by atoms with Crippen LogP contribution in [0.5, 0.6) is 0 Å². The Morgan fingerprint density at radius 3 is 2.59 bits per heavy atom. The number of amides is 1. The molecule has 0 unspecified atom stereocenters. The molecule has 1 fully saturated rings. The number of rotatable bonds is 8. The van der Waals surface area contributed by atoms with Crippen molar-refractivity contribution in [2.75, 3.05) is 12.4 Å². The molecule has 0 aliphatic carbocycles. The Kier molecular flexibility index (Phi) is 7.55. The van der Waals surface area contributed by atoms with Gasteiger partial charge in [0.2, 0.25) is 5.91 Å². The summed E-state index contributed by atoms with van der Waals surface area (Å²) in [6, 6.07) is 17.3. The highest BCUT2D eigenvalue weighted by molar-refractivity contribution is 7.99. The summed E-state index contributed by atoms with van der Waals surface area (Å²) in [5.74, 6) is 0.249. The fourth-order valence-corrected chi connectivity index (χ4v) is 4.97. The molecule has 4 rings (SSSR count). The van der Waals surface area contributed by atoms with Gasteiger partial charge in [0.15, 0.2) is 5.16 Å². The first-order valence-electron chi connectivity index (χ1n) is 10.9. The first kappa shape index (κ1) is 22.9. The fraction of sp³-hybridized carbons (Fsp3) is 0.360. The van der Waals surface area contributed by atoms with E-state index in [0.29, 0.717) is 10.8 Å². The molecule has 0 spiro atoms. The number of carbonyl (C=O) groups is 1. The van der Waals surface area contributed by atoms with Crippen molar-refractivity contribution in [1.82, 2.24) is 14.9 Å². The lowest BCUT2D eigenvalue weighted by molar-refractivity contribution is -0.119. The van der Waals surface area contributed by atoms with Gasteiger partial charge in [0, 0.05) is 17.3 Å². The number of aromatic nitrogens is 2. The molecule has 0 bridgehead atoms. The van der Waals surface area contributed by atoms with Crippen LogP contribution in [0.2, 0.25) is 5.02 Å². The molecular formula is C25H28ClN3O2S. The SMILES string of the molecule is Cc1nc(SCC(=O)N[C@H](c2ccccc2)c2ccc(Cl)cc2)n(C[C@H]2CCCO2)c1C. The van der Waals surface area contributed by atoms with Crippen LogP contribution in [0.4, 0.5) is 0 Å². The van der Waals surface area contributed by atoms with Crippen molar-refractivity contribution >= 4 is 29.3 Å². The molecule has 1 aromatic heterocycles. The van der Waals surface area contributed by atoms with E-state index >= 15 is 0 Å². The Morgan fingerprint density at radius 1 is 1.19 bits per heavy atom. The lowest BCUT2D eigenvalue weighted by atomic mass is 9.99. The molecule has 0 saturated carbocycles. The Labute approximate surface area is 198 Å². The quantitative estimate of drug-likeness (QED) is 0.453. The first-order valence-corrected chi connectivity index (χ1v) is 12.3. The standard InChI is InChI=1S/C25H28ClN3O2S/c1-17-18(2)29(15-22-9-6-14-31-22)25(27-17)32-16-23(30)28-24(19-7-4-3-5-8-19)20-10-12-21(26)13-11-20/h3-5,7-8,10-13,22,24H,6,9,14-16H2,1-2H3,(H,28,30)/t22-,24-/m1/s1. The van der Waals surface area contributed by atoms with Crippen molar-refractivity contribution < 1.29 is 9.53 Å². The number of carbonyl (C=O) groups excluding carboxylic acids is 1. The Bertz CT molecular complexity index is 1050. The van der Waals surface area contributed by atoms with Gasteiger partial charge in [0.05, 0.1) is 30.1 Å². The van der Waals surface area contributed by atoms with Crippen molar-refractivity contribution in [3.63, 3.8) is 0 Å². The summed E-state index contributed by atoms with van der Waals surface area (Å²) in [5, 5.41) is 4.73. The van der Waals surface area contributed by atoms with Crippen molar-refractivity contribution in [1.29, 1.82) is 0 Å². The number of nitrogens with zero attached hydrogens (tertiary/aromatic N) is 2. The summed E-state index contributed by atoms with van der Waals surface area (Å²) in [6.45, 7) is 5.70. The molecule has 0 radical (unpaired) electrons. The Hall–Kier alpha value is -2.28. The third kappa shape index (κ3) is 5.55. The molecular weight excluding hydrogens is 442 g/mol. The fourth-order valence-electron chi connectivity index (χ4n) is 3.93. The van der Waals surface area contributed by atoms with Gasteiger partial charge in [-0.15, -0.1) is 0 Å². The van der Waals surface area contributed by atoms with E-state index in [9.17, 15) is 4.79 Å². The van der Waals surface area contributed by atoms with E-state index in [0.717, 1.165) is 53.7 Å². The smallest absolute Gasteiger partial charge is 0.231 e. The van der Waals surface area contributed by atoms with Gasteiger partial charge in [0.25, 0.3) is 0 Å². The third-order valence-corrected chi connectivity index (χ3v) is 7.04. The first-order chi connectivity index (χ1) is 15.5. The molecule has 3 aromatic rings. The second kappa shape index (κ2) is 10.6. The second-order valence-electron chi connectivity index (χ2n) is 8.06. The van der Waals surface area contributed by atoms with Gasteiger partial charge in [-0.1, -0.05) is 65.8 Å². The van der Waals surface area contributed by atoms with Crippen LogP contribution in [-0.2, 0) is 16.1 Å². The van der Waals surface area contributed by atoms with Gasteiger partial charge in [-0.2, -0.15) is 0 Å². The van der Waals surface area contributed by atoms with Crippen LogP contribution in [0.15, 0.2) is 59.8 Å². The van der Waals surface area contributed by atoms with Crippen LogP contribution >= 0.6 is 23.4 Å². The van der Waals surface area contributed by atoms with Crippen molar-refractivity contribution in [2.45, 2.75) is 50.5 Å². The molecule has 1 amide bonds. The molecule has 2 atom stereocenters. The van der Waals surface area contributed by atoms with Crippen molar-refractivity contribution in [3.8, 4) is 0 Å². The second-order valence-corrected chi connectivity index (χ2v) is 9.44. The monoisotopic (exact) mass is 469 g/mol. The minimum absolute atomic E-state index is 0.0409. The predicted molar refractivity (Wildman–Crippen MR) is 129 cm³/mol. The lowest BCUT2D eigenvalue weighted by Gasteiger charge is -2.20. The number of halogens is 1. The van der Waals surface area contributed by atoms with Crippen molar-refractivity contribution in [3.05, 3.63) is 82.1 Å². The van der Waals surface area contributed by atoms with Crippen molar-refractivity contribution in [2.24, 2.45) is 0 Å². The number of ether oxygens (including phenoxy) is 1. The molecule has 32 heavy (non-hydrogen) atoms. The molecule has 1 aliphatic heterocycles. The van der Waals surface area contributed by atoms with Crippen LogP contribution < -0.4 is 5.32 Å². The van der Waals surface area contributed by atoms with E-state index in [1.165, 1.54) is 11.8 Å². The Balaban J connectivity index is 1.46. The zero-order valence-electron chi connectivity index (χ0n) is 18.4. The van der Waals surface area contributed by atoms with Gasteiger partial charge >= 0.3 is 0 Å². The molecule has 1 aliphatic rings. The summed E-state index contributed by atoms with van der Waals surface area (Å²) in [7, 11) is 0. The number of benzene rings is 2. The summed E-state index contributed by atoms with van der Waals surface area (Å²) < 4.78 is 8.01. The molecule has 2 heterocycles. The van der Waals surface area contributed by atoms with E-state index in [-0.39, 0.29) is 18.1 Å². The minimum Gasteiger partial charge on any atom is -0.376 e. The van der Waals surface area contributed by atoms with Gasteiger partial charge in [-0.3, -0.25) is 4.79 Å². The number of hydrogen-bond acceptors (Lipinski definition) is 4. The highest BCUT2D eigenvalue weighted by Gasteiger charge is 2.22. The zero-order chi connectivity index (χ0) is 22.5. The maximum atomic E-state index is 13.0. The molecule has 1 N–H and O–H groups in total. The highest BCUT2D eigenvalue weighted by atomic mass is 35.5. The van der Waals surface area contributed by atoms with E-state index in [1.807, 2.05) is 61.5 Å². The average Bonchev–Trinajstić information content (AvgIpc) is 3.41. The summed E-state index contributed by atoms with van der Waals surface area (Å²) >= 11 is 7.54. The van der Waals surface area contributed by atoms with Gasteiger partial charge in [-0.05, 0) is 49.9 Å². The predicted octanol–water partition coefficient (Wildman–Crippen LogP) is 5.33. The van der Waals surface area contributed by atoms with E-state index in [1.54, 1.807) is 0 Å². The number of imidazole rings is 1. The molecule has 5 nitrogen and oxygen atoms in total. The third-order valence-electron chi connectivity index (χ3n) is 5.81. The lowest BCUT2D eigenvalue weighted by Crippen LogP contribution is -2.30. The molecule has 168 valence electrons. The van der Waals surface area contributed by atoms with Gasteiger partial charge in [0.1, 0.15) is 0 Å². The van der Waals surface area contributed by atoms with Crippen LogP contribution in [-0.4, -0.2) is 33.9 Å². The van der Waals surface area contributed by atoms with E-state index in [2.05, 4.69) is 16.8 Å². The van der Waals surface area contributed by atoms with E-state index < -0.39 is 0 Å². The maximum Gasteiger partial charge on any atom is 0.231 e. The molecule has 7 heteroatoms. The summed E-state index contributed by atoms with van der Waals surface area (Å²) in [5.41, 5.74) is 4.14. The van der Waals surface area contributed by atoms with Crippen LogP contribution in [0.25, 0.3) is 0 Å². The normalized spacial score (nSPS) is 16.8. The molecule has 2 aromatic carbocycles. The topological polar surface area (TPSA) is 56.2 Å². The summed E-state index contributed by atoms with van der Waals surface area (Å²) in [4.78, 5) is 17.7. The largest absolute Gasteiger partial charge is 0.376 e. The minimum atomic E-state index is -0.239. The number of thioether (sulfide) groups is 1.